The second-order valence-corrected chi connectivity index (χ2v) is 3.89. The molecule has 0 N–H and O–H groups in total. The predicted octanol–water partition coefficient (Wildman–Crippen LogP) is 4.75. The molecule has 0 aliphatic rings. The summed E-state index contributed by atoms with van der Waals surface area (Å²) < 4.78 is 0. The number of hydrogen-bond donors (Lipinski definition) is 0. The number of allylic oxidation sites excluding steroid dienone is 4. The van der Waals surface area contributed by atoms with Crippen molar-refractivity contribution in [1.29, 1.82) is 0 Å². The molecule has 0 bridgehead atoms. The summed E-state index contributed by atoms with van der Waals surface area (Å²) in [7, 11) is 0. The molecule has 0 aliphatic heterocycles. The Kier molecular flexibility index (Phi) is 8.89. The van der Waals surface area contributed by atoms with Crippen LogP contribution in [-0.2, 0) is 0 Å². The van der Waals surface area contributed by atoms with Crippen LogP contribution >= 0.6 is 0 Å². The fraction of sp³-hybridized carbons (Fsp3) is 0.538. The van der Waals surface area contributed by atoms with Crippen LogP contribution in [0.1, 0.15) is 41.5 Å². The molecule has 0 aliphatic carbocycles. The highest BCUT2D eigenvalue weighted by molar-refractivity contribution is 5.18. The minimum absolute atomic E-state index is 0.657. The summed E-state index contributed by atoms with van der Waals surface area (Å²) in [5.74, 6) is 0.657. The quantitative estimate of drug-likeness (QED) is 0.425. The second kappa shape index (κ2) is 7.85. The molecule has 76 valence electrons. The second-order valence-electron chi connectivity index (χ2n) is 3.89. The van der Waals surface area contributed by atoms with Gasteiger partial charge in [-0.3, -0.25) is 0 Å². The van der Waals surface area contributed by atoms with E-state index in [0.29, 0.717) is 5.92 Å². The van der Waals surface area contributed by atoms with Gasteiger partial charge in [-0.25, -0.2) is 0 Å². The van der Waals surface area contributed by atoms with Crippen LogP contribution in [0.5, 0.6) is 0 Å². The van der Waals surface area contributed by atoms with Gasteiger partial charge in [0.25, 0.3) is 0 Å². The molecule has 0 atom stereocenters. The van der Waals surface area contributed by atoms with Crippen molar-refractivity contribution >= 4 is 0 Å². The SMILES string of the molecule is C=C(C)C(C)C.C=CC(C)=C(C)C. The molecule has 0 heterocycles. The van der Waals surface area contributed by atoms with E-state index in [2.05, 4.69) is 47.8 Å². The number of rotatable bonds is 2. The zero-order chi connectivity index (χ0) is 11.0. The molecule has 0 unspecified atom stereocenters. The van der Waals surface area contributed by atoms with Gasteiger partial charge in [0.05, 0.1) is 0 Å². The Morgan fingerprint density at radius 1 is 1.08 bits per heavy atom. The van der Waals surface area contributed by atoms with Gasteiger partial charge in [-0.15, -0.1) is 0 Å². The first-order valence-electron chi connectivity index (χ1n) is 4.74. The maximum Gasteiger partial charge on any atom is -0.0266 e. The monoisotopic (exact) mass is 180 g/mol. The van der Waals surface area contributed by atoms with Gasteiger partial charge < -0.3 is 0 Å². The van der Waals surface area contributed by atoms with E-state index in [1.54, 1.807) is 0 Å². The molecule has 0 rings (SSSR count). The van der Waals surface area contributed by atoms with Crippen molar-refractivity contribution in [3.63, 3.8) is 0 Å². The minimum atomic E-state index is 0.657. The van der Waals surface area contributed by atoms with E-state index < -0.39 is 0 Å². The van der Waals surface area contributed by atoms with Gasteiger partial charge in [0.15, 0.2) is 0 Å². The lowest BCUT2D eigenvalue weighted by Crippen LogP contribution is -1.83. The lowest BCUT2D eigenvalue weighted by Gasteiger charge is -1.97. The zero-order valence-corrected chi connectivity index (χ0v) is 10.1. The lowest BCUT2D eigenvalue weighted by molar-refractivity contribution is 0.773. The third kappa shape index (κ3) is 11.2. The highest BCUT2D eigenvalue weighted by Gasteiger charge is 1.87. The molecule has 0 aromatic carbocycles. The predicted molar refractivity (Wildman–Crippen MR) is 63.9 cm³/mol. The maximum absolute atomic E-state index is 3.75. The third-order valence-electron chi connectivity index (χ3n) is 2.08. The Morgan fingerprint density at radius 2 is 1.38 bits per heavy atom. The normalized spacial score (nSPS) is 8.54. The molecular weight excluding hydrogens is 156 g/mol. The summed E-state index contributed by atoms with van der Waals surface area (Å²) in [6.45, 7) is 19.9. The van der Waals surface area contributed by atoms with Gasteiger partial charge in [0.2, 0.25) is 0 Å². The van der Waals surface area contributed by atoms with Crippen LogP contribution in [-0.4, -0.2) is 0 Å². The molecule has 13 heavy (non-hydrogen) atoms. The zero-order valence-electron chi connectivity index (χ0n) is 10.1. The minimum Gasteiger partial charge on any atom is -0.0999 e. The average molecular weight is 180 g/mol. The van der Waals surface area contributed by atoms with Gasteiger partial charge in [-0.1, -0.05) is 49.8 Å². The first kappa shape index (κ1) is 14.7. The van der Waals surface area contributed by atoms with Crippen LogP contribution in [0.15, 0.2) is 36.0 Å². The van der Waals surface area contributed by atoms with Gasteiger partial charge in [-0.05, 0) is 33.6 Å². The standard InChI is InChI=1S/C7H12.C6H12/c1-5-7(4)6(2)3;1-5(2)6(3)4/h5H,1H2,2-4H3;6H,1H2,2-4H3. The molecular formula is C13H24. The van der Waals surface area contributed by atoms with Crippen molar-refractivity contribution in [2.24, 2.45) is 5.92 Å². The summed E-state index contributed by atoms with van der Waals surface area (Å²) in [6, 6.07) is 0. The molecule has 0 saturated heterocycles. The maximum atomic E-state index is 3.75. The van der Waals surface area contributed by atoms with E-state index >= 15 is 0 Å². The third-order valence-corrected chi connectivity index (χ3v) is 2.08. The van der Waals surface area contributed by atoms with Crippen LogP contribution in [0.25, 0.3) is 0 Å². The van der Waals surface area contributed by atoms with E-state index in [4.69, 9.17) is 0 Å². The highest BCUT2D eigenvalue weighted by atomic mass is 13.9. The Morgan fingerprint density at radius 3 is 1.38 bits per heavy atom. The summed E-state index contributed by atoms with van der Waals surface area (Å²) in [4.78, 5) is 0. The van der Waals surface area contributed by atoms with E-state index in [9.17, 15) is 0 Å². The molecule has 0 heteroatoms. The lowest BCUT2D eigenvalue weighted by atomic mass is 10.1. The van der Waals surface area contributed by atoms with Crippen molar-refractivity contribution in [3.05, 3.63) is 36.0 Å². The van der Waals surface area contributed by atoms with Crippen molar-refractivity contribution in [2.45, 2.75) is 41.5 Å². The van der Waals surface area contributed by atoms with Gasteiger partial charge in [0.1, 0.15) is 0 Å². The summed E-state index contributed by atoms with van der Waals surface area (Å²) in [5, 5.41) is 0. The van der Waals surface area contributed by atoms with Crippen LogP contribution in [0.4, 0.5) is 0 Å². The molecule has 0 fully saturated rings. The molecule has 0 aromatic heterocycles. The molecule has 0 nitrogen and oxygen atoms in total. The topological polar surface area (TPSA) is 0 Å². The smallest absolute Gasteiger partial charge is 0.0266 e. The van der Waals surface area contributed by atoms with Crippen molar-refractivity contribution < 1.29 is 0 Å². The van der Waals surface area contributed by atoms with Crippen molar-refractivity contribution in [1.82, 2.24) is 0 Å². The molecule has 0 saturated carbocycles. The van der Waals surface area contributed by atoms with Gasteiger partial charge in [-0.2, -0.15) is 0 Å². The van der Waals surface area contributed by atoms with Crippen molar-refractivity contribution in [3.8, 4) is 0 Å². The molecule has 0 aromatic rings. The van der Waals surface area contributed by atoms with E-state index in [-0.39, 0.29) is 0 Å². The number of hydrogen-bond acceptors (Lipinski definition) is 0. The molecule has 0 spiro atoms. The largest absolute Gasteiger partial charge is 0.0999 e. The fourth-order valence-electron chi connectivity index (χ4n) is 0.204. The Labute approximate surface area is 84.1 Å². The molecule has 0 amide bonds. The highest BCUT2D eigenvalue weighted by Crippen LogP contribution is 2.02. The Bertz CT molecular complexity index is 188. The first-order chi connectivity index (χ1) is 5.82. The summed E-state index contributed by atoms with van der Waals surface area (Å²) >= 11 is 0. The van der Waals surface area contributed by atoms with Gasteiger partial charge >= 0.3 is 0 Å². The molecule has 0 radical (unpaired) electrons. The van der Waals surface area contributed by atoms with E-state index in [1.807, 2.05) is 13.0 Å². The van der Waals surface area contributed by atoms with Crippen LogP contribution in [0.2, 0.25) is 0 Å². The van der Waals surface area contributed by atoms with Crippen LogP contribution in [0, 0.1) is 5.92 Å². The Balaban J connectivity index is 0. The van der Waals surface area contributed by atoms with Gasteiger partial charge in [0, 0.05) is 0 Å². The summed E-state index contributed by atoms with van der Waals surface area (Å²) in [6.07, 6.45) is 1.87. The van der Waals surface area contributed by atoms with E-state index in [0.717, 1.165) is 0 Å². The Hall–Kier alpha value is -0.780. The first-order valence-corrected chi connectivity index (χ1v) is 4.74. The van der Waals surface area contributed by atoms with Crippen LogP contribution in [0.3, 0.4) is 0 Å². The van der Waals surface area contributed by atoms with Crippen molar-refractivity contribution in [2.75, 3.05) is 0 Å². The van der Waals surface area contributed by atoms with Crippen LogP contribution < -0.4 is 0 Å². The average Bonchev–Trinajstić information content (AvgIpc) is 2.03. The fourth-order valence-corrected chi connectivity index (χ4v) is 0.204. The summed E-state index contributed by atoms with van der Waals surface area (Å²) in [5.41, 5.74) is 3.88. The van der Waals surface area contributed by atoms with E-state index in [1.165, 1.54) is 16.7 Å².